The van der Waals surface area contributed by atoms with Gasteiger partial charge in [0.1, 0.15) is 0 Å². The van der Waals surface area contributed by atoms with E-state index < -0.39 is 10.8 Å². The number of halogens is 1. The lowest BCUT2D eigenvalue weighted by molar-refractivity contribution is 0.244. The van der Waals surface area contributed by atoms with Crippen molar-refractivity contribution in [2.75, 3.05) is 11.1 Å². The lowest BCUT2D eigenvalue weighted by Crippen LogP contribution is -2.43. The Labute approximate surface area is 139 Å². The molecular weight excluding hydrogens is 320 g/mol. The number of carbonyl (C=O) groups is 1. The average molecular weight is 343 g/mol. The van der Waals surface area contributed by atoms with E-state index in [4.69, 9.17) is 11.6 Å². The topological polar surface area (TPSA) is 58.2 Å². The molecule has 1 saturated carbocycles. The highest BCUT2D eigenvalue weighted by atomic mass is 35.5. The molecule has 2 rings (SSSR count). The van der Waals surface area contributed by atoms with Crippen LogP contribution in [0.5, 0.6) is 0 Å². The van der Waals surface area contributed by atoms with Crippen LogP contribution < -0.4 is 10.6 Å². The number of benzene rings is 1. The van der Waals surface area contributed by atoms with Crippen LogP contribution in [0.4, 0.5) is 10.5 Å². The van der Waals surface area contributed by atoms with Crippen LogP contribution in [0.3, 0.4) is 0 Å². The van der Waals surface area contributed by atoms with E-state index in [1.807, 2.05) is 26.0 Å². The number of nitrogens with one attached hydrogen (secondary N) is 2. The molecule has 0 heterocycles. The largest absolute Gasteiger partial charge is 0.335 e. The first-order valence-electron chi connectivity index (χ1n) is 7.71. The molecule has 2 amide bonds. The minimum absolute atomic E-state index is 0.0806. The summed E-state index contributed by atoms with van der Waals surface area (Å²) >= 11 is 6.12. The van der Waals surface area contributed by atoms with E-state index in [0.717, 1.165) is 31.2 Å². The summed E-state index contributed by atoms with van der Waals surface area (Å²) in [4.78, 5) is 12.2. The van der Waals surface area contributed by atoms with Crippen molar-refractivity contribution >= 4 is 34.1 Å². The standard InChI is InChI=1S/C16H23ClN2O2S/c1-3-22(21)13-8-5-7-12(10-13)18-16(20)19-15-11(2)6-4-9-14(15)17/h4,6,9,12-13H,3,5,7-8,10H2,1-2H3,(H2,18,19,20)/t12-,13-,22+/m0/s1. The van der Waals surface area contributed by atoms with E-state index in [9.17, 15) is 9.00 Å². The molecule has 0 aromatic heterocycles. The number of hydrogen-bond acceptors (Lipinski definition) is 2. The smallest absolute Gasteiger partial charge is 0.319 e. The van der Waals surface area contributed by atoms with E-state index in [0.29, 0.717) is 16.5 Å². The molecule has 1 aromatic carbocycles. The van der Waals surface area contributed by atoms with E-state index in [-0.39, 0.29) is 17.3 Å². The lowest BCUT2D eigenvalue weighted by Gasteiger charge is -2.29. The molecule has 1 aliphatic rings. The number of carbonyl (C=O) groups excluding carboxylic acids is 1. The first kappa shape index (κ1) is 17.3. The molecule has 1 aliphatic carbocycles. The minimum Gasteiger partial charge on any atom is -0.335 e. The van der Waals surface area contributed by atoms with Gasteiger partial charge in [0.2, 0.25) is 0 Å². The Morgan fingerprint density at radius 3 is 2.86 bits per heavy atom. The van der Waals surface area contributed by atoms with Gasteiger partial charge in [-0.2, -0.15) is 0 Å². The molecule has 2 N–H and O–H groups in total. The van der Waals surface area contributed by atoms with Gasteiger partial charge in [-0.3, -0.25) is 4.21 Å². The van der Waals surface area contributed by atoms with Crippen LogP contribution in [0, 0.1) is 6.92 Å². The summed E-state index contributed by atoms with van der Waals surface area (Å²) < 4.78 is 11.9. The summed E-state index contributed by atoms with van der Waals surface area (Å²) in [6, 6.07) is 5.35. The third-order valence-electron chi connectivity index (χ3n) is 4.08. The van der Waals surface area contributed by atoms with Gasteiger partial charge in [0.25, 0.3) is 0 Å². The highest BCUT2D eigenvalue weighted by molar-refractivity contribution is 7.85. The van der Waals surface area contributed by atoms with Crippen molar-refractivity contribution in [2.45, 2.75) is 50.8 Å². The van der Waals surface area contributed by atoms with E-state index >= 15 is 0 Å². The Morgan fingerprint density at radius 1 is 1.41 bits per heavy atom. The van der Waals surface area contributed by atoms with Crippen LogP contribution in [-0.4, -0.2) is 27.3 Å². The first-order chi connectivity index (χ1) is 10.5. The molecule has 0 saturated heterocycles. The maximum absolute atomic E-state index is 12.2. The Bertz CT molecular complexity index is 545. The highest BCUT2D eigenvalue weighted by Crippen LogP contribution is 2.26. The molecule has 0 bridgehead atoms. The fourth-order valence-corrected chi connectivity index (χ4v) is 4.49. The molecule has 0 radical (unpaired) electrons. The van der Waals surface area contributed by atoms with Crippen molar-refractivity contribution in [3.63, 3.8) is 0 Å². The summed E-state index contributed by atoms with van der Waals surface area (Å²) in [6.07, 6.45) is 3.72. The van der Waals surface area contributed by atoms with E-state index in [1.165, 1.54) is 0 Å². The summed E-state index contributed by atoms with van der Waals surface area (Å²) in [5.41, 5.74) is 1.57. The molecule has 4 nitrogen and oxygen atoms in total. The van der Waals surface area contributed by atoms with Crippen LogP contribution in [-0.2, 0) is 10.8 Å². The van der Waals surface area contributed by atoms with Crippen LogP contribution in [0.15, 0.2) is 18.2 Å². The Kier molecular flexibility index (Phi) is 6.26. The summed E-state index contributed by atoms with van der Waals surface area (Å²) in [5.74, 6) is 0.683. The van der Waals surface area contributed by atoms with Gasteiger partial charge in [-0.15, -0.1) is 0 Å². The normalized spacial score (nSPS) is 22.9. The zero-order valence-electron chi connectivity index (χ0n) is 13.0. The first-order valence-corrected chi connectivity index (χ1v) is 9.47. The molecule has 1 aromatic rings. The maximum Gasteiger partial charge on any atom is 0.319 e. The number of urea groups is 1. The monoisotopic (exact) mass is 342 g/mol. The van der Waals surface area contributed by atoms with E-state index in [2.05, 4.69) is 10.6 Å². The van der Waals surface area contributed by atoms with Crippen molar-refractivity contribution in [3.8, 4) is 0 Å². The third kappa shape index (κ3) is 4.46. The Hall–Kier alpha value is -1.07. The van der Waals surface area contributed by atoms with Gasteiger partial charge >= 0.3 is 6.03 Å². The van der Waals surface area contributed by atoms with Crippen LogP contribution in [0.1, 0.15) is 38.2 Å². The Balaban J connectivity index is 1.93. The molecule has 22 heavy (non-hydrogen) atoms. The number of amides is 2. The maximum atomic E-state index is 12.2. The molecule has 0 aliphatic heterocycles. The predicted molar refractivity (Wildman–Crippen MR) is 93.1 cm³/mol. The zero-order chi connectivity index (χ0) is 16.1. The number of aryl methyl sites for hydroxylation is 1. The molecule has 122 valence electrons. The van der Waals surface area contributed by atoms with Gasteiger partial charge < -0.3 is 10.6 Å². The number of hydrogen-bond donors (Lipinski definition) is 2. The predicted octanol–water partition coefficient (Wildman–Crippen LogP) is 3.85. The SMILES string of the molecule is CC[S@@](=O)[C@H]1CCC[C@H](NC(=O)Nc2c(C)cccc2Cl)C1. The lowest BCUT2D eigenvalue weighted by atomic mass is 9.95. The summed E-state index contributed by atoms with van der Waals surface area (Å²) in [7, 11) is -0.787. The second kappa shape index (κ2) is 7.97. The van der Waals surface area contributed by atoms with Gasteiger partial charge in [0.15, 0.2) is 0 Å². The fraction of sp³-hybridized carbons (Fsp3) is 0.562. The van der Waals surface area contributed by atoms with Crippen molar-refractivity contribution in [2.24, 2.45) is 0 Å². The number of rotatable bonds is 4. The van der Waals surface area contributed by atoms with Crippen LogP contribution >= 0.6 is 11.6 Å². The van der Waals surface area contributed by atoms with Crippen molar-refractivity contribution in [1.82, 2.24) is 5.32 Å². The van der Waals surface area contributed by atoms with Crippen molar-refractivity contribution < 1.29 is 9.00 Å². The Morgan fingerprint density at radius 2 is 2.18 bits per heavy atom. The summed E-state index contributed by atoms with van der Waals surface area (Å²) in [6.45, 7) is 3.85. The van der Waals surface area contributed by atoms with Gasteiger partial charge in [-0.05, 0) is 37.8 Å². The van der Waals surface area contributed by atoms with Gasteiger partial charge in [0, 0.05) is 27.8 Å². The quantitative estimate of drug-likeness (QED) is 0.873. The van der Waals surface area contributed by atoms with E-state index in [1.54, 1.807) is 6.07 Å². The highest BCUT2D eigenvalue weighted by Gasteiger charge is 2.26. The van der Waals surface area contributed by atoms with Gasteiger partial charge in [-0.25, -0.2) is 4.79 Å². The fourth-order valence-electron chi connectivity index (χ4n) is 2.88. The molecule has 6 heteroatoms. The second-order valence-corrected chi connectivity index (χ2v) is 8.10. The van der Waals surface area contributed by atoms with Crippen LogP contribution in [0.2, 0.25) is 5.02 Å². The van der Waals surface area contributed by atoms with Crippen molar-refractivity contribution in [1.29, 1.82) is 0 Å². The second-order valence-electron chi connectivity index (χ2n) is 5.69. The molecule has 3 atom stereocenters. The van der Waals surface area contributed by atoms with Crippen molar-refractivity contribution in [3.05, 3.63) is 28.8 Å². The zero-order valence-corrected chi connectivity index (χ0v) is 14.6. The third-order valence-corrected chi connectivity index (χ3v) is 6.13. The average Bonchev–Trinajstić information content (AvgIpc) is 2.50. The molecule has 0 unspecified atom stereocenters. The van der Waals surface area contributed by atoms with Gasteiger partial charge in [-0.1, -0.05) is 37.1 Å². The molecule has 0 spiro atoms. The number of anilines is 1. The molecular formula is C16H23ClN2O2S. The number of para-hydroxylation sites is 1. The summed E-state index contributed by atoms with van der Waals surface area (Å²) in [5, 5.41) is 6.54. The molecule has 1 fully saturated rings. The van der Waals surface area contributed by atoms with Crippen LogP contribution in [0.25, 0.3) is 0 Å². The van der Waals surface area contributed by atoms with Gasteiger partial charge in [0.05, 0.1) is 10.7 Å². The minimum atomic E-state index is -0.787.